The number of phenolic OH excluding ortho intramolecular Hbond substituents is 1. The van der Waals surface area contributed by atoms with Gasteiger partial charge in [0.25, 0.3) is 0 Å². The van der Waals surface area contributed by atoms with Gasteiger partial charge in [0.1, 0.15) is 18.5 Å². The van der Waals surface area contributed by atoms with Gasteiger partial charge in [0, 0.05) is 17.9 Å². The minimum Gasteiger partial charge on any atom is -0.508 e. The van der Waals surface area contributed by atoms with Crippen molar-refractivity contribution in [1.82, 2.24) is 10.3 Å². The molecule has 5 aromatic rings. The van der Waals surface area contributed by atoms with Crippen LogP contribution in [0.4, 0.5) is 0 Å². The van der Waals surface area contributed by atoms with E-state index in [-0.39, 0.29) is 40.9 Å². The van der Waals surface area contributed by atoms with E-state index in [0.29, 0.717) is 23.9 Å². The molecule has 9 unspecified atom stereocenters. The van der Waals surface area contributed by atoms with Crippen molar-refractivity contribution in [2.45, 2.75) is 112 Å². The molecule has 3 heterocycles. The summed E-state index contributed by atoms with van der Waals surface area (Å²) in [5, 5.41) is 76.4. The number of nitrogens with one attached hydrogen (secondary N) is 2. The van der Waals surface area contributed by atoms with Crippen LogP contribution in [0.25, 0.3) is 32.4 Å². The van der Waals surface area contributed by atoms with E-state index in [9.17, 15) is 35.4 Å². The van der Waals surface area contributed by atoms with Gasteiger partial charge in [0.2, 0.25) is 5.79 Å². The highest BCUT2D eigenvalue weighted by atomic mass is 16.7. The minimum atomic E-state index is -2.57. The molecule has 0 bridgehead atoms. The van der Waals surface area contributed by atoms with Gasteiger partial charge in [-0.2, -0.15) is 0 Å². The van der Waals surface area contributed by atoms with Crippen LogP contribution in [0.2, 0.25) is 0 Å². The van der Waals surface area contributed by atoms with Gasteiger partial charge in [-0.05, 0) is 133 Å². The Hall–Kier alpha value is -4.11. The van der Waals surface area contributed by atoms with E-state index in [0.717, 1.165) is 52.8 Å². The average molecular weight is 821 g/mol. The van der Waals surface area contributed by atoms with Crippen LogP contribution in [0.15, 0.2) is 72.8 Å². The SMILES string of the molecule is CNCC1CC2CC3(O)C(OC2C(C2(c4ccc(O)cc4)CCC4(CCCC4)CC2)C1O)C(C(=O)Oc1c(CO)[nH]c2ccc4cc5ccccc5cc4c12)OC3(O)CO. The molecule has 0 amide bonds. The lowest BCUT2D eigenvalue weighted by Gasteiger charge is -2.60. The summed E-state index contributed by atoms with van der Waals surface area (Å²) in [6.07, 6.45) is 4.10. The number of hydrogen-bond acceptors (Lipinski definition) is 11. The number of aromatic nitrogens is 1. The Kier molecular flexibility index (Phi) is 9.84. The van der Waals surface area contributed by atoms with Crippen LogP contribution in [-0.4, -0.2) is 97.6 Å². The lowest BCUT2D eigenvalue weighted by atomic mass is 9.49. The first-order chi connectivity index (χ1) is 28.9. The molecular formula is C48H56N2O10. The molecule has 1 aromatic heterocycles. The zero-order chi connectivity index (χ0) is 41.6. The molecule has 12 nitrogen and oxygen atoms in total. The fourth-order valence-electron chi connectivity index (χ4n) is 12.7. The van der Waals surface area contributed by atoms with Crippen LogP contribution in [0.3, 0.4) is 0 Å². The number of H-pyrrole nitrogens is 1. The van der Waals surface area contributed by atoms with E-state index in [4.69, 9.17) is 14.2 Å². The number of aromatic hydroxyl groups is 1. The largest absolute Gasteiger partial charge is 0.508 e. The minimum absolute atomic E-state index is 0.0606. The van der Waals surface area contributed by atoms with E-state index in [2.05, 4.69) is 16.4 Å². The predicted octanol–water partition coefficient (Wildman–Crippen LogP) is 5.45. The van der Waals surface area contributed by atoms with Gasteiger partial charge in [-0.15, -0.1) is 0 Å². The number of rotatable bonds is 8. The Morgan fingerprint density at radius 2 is 1.63 bits per heavy atom. The van der Waals surface area contributed by atoms with Gasteiger partial charge in [-0.3, -0.25) is 0 Å². The summed E-state index contributed by atoms with van der Waals surface area (Å²) in [7, 11) is 1.85. The van der Waals surface area contributed by atoms with E-state index in [1.807, 2.05) is 61.6 Å². The normalized spacial score (nSPS) is 33.3. The van der Waals surface area contributed by atoms with Crippen LogP contribution >= 0.6 is 0 Å². The number of fused-ring (bicyclic) bond motifs is 6. The van der Waals surface area contributed by atoms with Gasteiger partial charge >= 0.3 is 5.97 Å². The molecule has 0 radical (unpaired) electrons. The summed E-state index contributed by atoms with van der Waals surface area (Å²) in [4.78, 5) is 17.9. The lowest BCUT2D eigenvalue weighted by Crippen LogP contribution is -2.69. The number of phenols is 1. The number of esters is 1. The first kappa shape index (κ1) is 40.0. The second-order valence-corrected chi connectivity index (χ2v) is 18.8. The lowest BCUT2D eigenvalue weighted by molar-refractivity contribution is -0.311. The van der Waals surface area contributed by atoms with Crippen molar-refractivity contribution in [3.05, 3.63) is 84.1 Å². The third-order valence-electron chi connectivity index (χ3n) is 15.8. The Bertz CT molecular complexity index is 2420. The molecule has 12 heteroatoms. The second kappa shape index (κ2) is 14.8. The summed E-state index contributed by atoms with van der Waals surface area (Å²) in [5.41, 5.74) is -0.627. The molecule has 3 aliphatic carbocycles. The first-order valence-corrected chi connectivity index (χ1v) is 21.8. The molecule has 10 rings (SSSR count). The highest BCUT2D eigenvalue weighted by molar-refractivity contribution is 6.14. The van der Waals surface area contributed by atoms with Gasteiger partial charge in [-0.1, -0.05) is 55.3 Å². The van der Waals surface area contributed by atoms with Crippen molar-refractivity contribution in [1.29, 1.82) is 0 Å². The Morgan fingerprint density at radius 1 is 0.917 bits per heavy atom. The summed E-state index contributed by atoms with van der Waals surface area (Å²) in [6.45, 7) is -0.973. The number of aliphatic hydroxyl groups is 5. The van der Waals surface area contributed by atoms with E-state index >= 15 is 0 Å². The molecule has 2 aliphatic heterocycles. The zero-order valence-electron chi connectivity index (χ0n) is 34.0. The maximum absolute atomic E-state index is 14.7. The first-order valence-electron chi connectivity index (χ1n) is 21.8. The number of carbonyl (C=O) groups is 1. The van der Waals surface area contributed by atoms with Crippen LogP contribution in [0.5, 0.6) is 11.5 Å². The summed E-state index contributed by atoms with van der Waals surface area (Å²) in [5.74, 6) is -4.40. The maximum Gasteiger partial charge on any atom is 0.343 e. The number of carbonyl (C=O) groups excluding carboxylic acids is 1. The maximum atomic E-state index is 14.7. The van der Waals surface area contributed by atoms with Crippen molar-refractivity contribution >= 4 is 38.4 Å². The molecule has 3 saturated carbocycles. The fourth-order valence-corrected chi connectivity index (χ4v) is 12.7. The van der Waals surface area contributed by atoms with Crippen molar-refractivity contribution in [3.63, 3.8) is 0 Å². The molecule has 4 aromatic carbocycles. The monoisotopic (exact) mass is 820 g/mol. The fraction of sp³-hybridized carbons (Fsp3) is 0.521. The van der Waals surface area contributed by atoms with E-state index < -0.39 is 66.3 Å². The van der Waals surface area contributed by atoms with Crippen LogP contribution in [0, 0.1) is 23.2 Å². The number of hydrogen-bond donors (Lipinski definition) is 8. The van der Waals surface area contributed by atoms with Gasteiger partial charge < -0.3 is 55.2 Å². The topological polar surface area (TPSA) is 194 Å². The van der Waals surface area contributed by atoms with Gasteiger partial charge in [0.15, 0.2) is 17.5 Å². The van der Waals surface area contributed by atoms with E-state index in [1.54, 1.807) is 12.1 Å². The summed E-state index contributed by atoms with van der Waals surface area (Å²) >= 11 is 0. The van der Waals surface area contributed by atoms with Crippen molar-refractivity contribution in [2.24, 2.45) is 23.2 Å². The third-order valence-corrected chi connectivity index (χ3v) is 15.8. The number of ether oxygens (including phenoxy) is 3. The van der Waals surface area contributed by atoms with Gasteiger partial charge in [0.05, 0.1) is 35.4 Å². The van der Waals surface area contributed by atoms with Gasteiger partial charge in [-0.25, -0.2) is 4.79 Å². The Morgan fingerprint density at radius 3 is 2.32 bits per heavy atom. The average Bonchev–Trinajstić information content (AvgIpc) is 3.93. The Labute approximate surface area is 348 Å². The molecular weight excluding hydrogens is 765 g/mol. The molecule has 9 atom stereocenters. The standard InChI is InChI=1S/C48H56N2O10/c1-49-24-31-21-30-23-47(56)43(58-40(30)38(39(31)54)46(32-9-11-33(53)12-10-32)18-16-45(17-19-46)14-4-5-15-45)42(60-48(47,57)26-52)44(55)59-41-36(25-51)50-35-13-8-29-20-27-6-2-3-7-28(27)22-34(29)37(35)41/h2-3,6-13,20,22,30-31,38-40,42-43,49-54,56-57H,4-5,14-19,21,23-26H2,1H3. The van der Waals surface area contributed by atoms with Crippen LogP contribution in [-0.2, 0) is 26.3 Å². The number of benzene rings is 4. The van der Waals surface area contributed by atoms with Crippen LogP contribution in [0.1, 0.15) is 75.5 Å². The smallest absolute Gasteiger partial charge is 0.343 e. The Balaban J connectivity index is 1.05. The predicted molar refractivity (Wildman–Crippen MR) is 224 cm³/mol. The number of aliphatic hydroxyl groups excluding tert-OH is 3. The van der Waals surface area contributed by atoms with Crippen LogP contribution < -0.4 is 10.1 Å². The molecule has 1 spiro atoms. The zero-order valence-corrected chi connectivity index (χ0v) is 34.0. The molecule has 8 N–H and O–H groups in total. The molecule has 5 fully saturated rings. The molecule has 2 saturated heterocycles. The summed E-state index contributed by atoms with van der Waals surface area (Å²) < 4.78 is 19.3. The third kappa shape index (κ3) is 6.05. The van der Waals surface area contributed by atoms with Crippen molar-refractivity contribution in [2.75, 3.05) is 20.2 Å². The van der Waals surface area contributed by atoms with Crippen molar-refractivity contribution in [3.8, 4) is 11.5 Å². The quantitative estimate of drug-likeness (QED) is 0.0733. The van der Waals surface area contributed by atoms with E-state index in [1.165, 1.54) is 25.7 Å². The van der Waals surface area contributed by atoms with Crippen molar-refractivity contribution < 1.29 is 49.6 Å². The summed E-state index contributed by atoms with van der Waals surface area (Å²) in [6, 6.07) is 23.1. The highest BCUT2D eigenvalue weighted by Crippen LogP contribution is 2.62. The second-order valence-electron chi connectivity index (χ2n) is 18.8. The number of aromatic amines is 1. The molecule has 5 aliphatic rings. The highest BCUT2D eigenvalue weighted by Gasteiger charge is 2.73. The molecule has 60 heavy (non-hydrogen) atoms. The molecule has 318 valence electrons.